The number of benzene rings is 3. The minimum Gasteiger partial charge on any atom is -0.289 e. The van der Waals surface area contributed by atoms with Crippen molar-refractivity contribution in [2.24, 2.45) is 0 Å². The van der Waals surface area contributed by atoms with Gasteiger partial charge in [0.25, 0.3) is 5.56 Å². The highest BCUT2D eigenvalue weighted by atomic mass is 16.1. The first-order valence-electron chi connectivity index (χ1n) is 12.3. The molecule has 0 radical (unpaired) electrons. The summed E-state index contributed by atoms with van der Waals surface area (Å²) >= 11 is 0. The van der Waals surface area contributed by atoms with E-state index in [1.807, 2.05) is 77.6 Å². The highest BCUT2D eigenvalue weighted by Gasteiger charge is 2.25. The summed E-state index contributed by atoms with van der Waals surface area (Å²) in [6, 6.07) is 24.0. The van der Waals surface area contributed by atoms with Gasteiger partial charge in [-0.2, -0.15) is 0 Å². The van der Waals surface area contributed by atoms with E-state index < -0.39 is 0 Å². The van der Waals surface area contributed by atoms with Gasteiger partial charge in [-0.1, -0.05) is 55.5 Å². The summed E-state index contributed by atoms with van der Waals surface area (Å²) < 4.78 is 3.82. The van der Waals surface area contributed by atoms with E-state index in [1.54, 1.807) is 0 Å². The van der Waals surface area contributed by atoms with Gasteiger partial charge in [0.05, 0.1) is 17.1 Å². The number of para-hydroxylation sites is 2. The SMILES string of the molecule is CCc1nc2c(c(=O)n1[C@@H](C)c1ccccc1)c1nc3ccccc3nc1n2-c1cc(C)cc(C)c1. The predicted molar refractivity (Wildman–Crippen MR) is 145 cm³/mol. The van der Waals surface area contributed by atoms with Crippen molar-refractivity contribution < 1.29 is 0 Å². The van der Waals surface area contributed by atoms with Crippen LogP contribution in [0.1, 0.15) is 42.4 Å². The smallest absolute Gasteiger partial charge is 0.265 e. The van der Waals surface area contributed by atoms with E-state index in [4.69, 9.17) is 15.0 Å². The van der Waals surface area contributed by atoms with Crippen molar-refractivity contribution in [2.75, 3.05) is 0 Å². The van der Waals surface area contributed by atoms with E-state index in [0.29, 0.717) is 28.6 Å². The minimum atomic E-state index is -0.168. The van der Waals surface area contributed by atoms with Gasteiger partial charge in [-0.25, -0.2) is 15.0 Å². The van der Waals surface area contributed by atoms with Crippen LogP contribution in [0.4, 0.5) is 0 Å². The van der Waals surface area contributed by atoms with Crippen LogP contribution in [0.5, 0.6) is 0 Å². The van der Waals surface area contributed by atoms with Gasteiger partial charge >= 0.3 is 0 Å². The third-order valence-corrected chi connectivity index (χ3v) is 6.83. The molecule has 36 heavy (non-hydrogen) atoms. The van der Waals surface area contributed by atoms with Crippen molar-refractivity contribution in [2.45, 2.75) is 40.2 Å². The molecular formula is C30H27N5O. The molecule has 0 spiro atoms. The Bertz CT molecular complexity index is 1810. The van der Waals surface area contributed by atoms with Crippen LogP contribution in [0.15, 0.2) is 77.6 Å². The van der Waals surface area contributed by atoms with Crippen molar-refractivity contribution in [1.29, 1.82) is 0 Å². The lowest BCUT2D eigenvalue weighted by Crippen LogP contribution is -2.28. The standard InChI is InChI=1S/C30H27N5O/c1-5-25-33-28-26(30(36)34(25)20(4)21-11-7-6-8-12-21)27-29(32-24-14-10-9-13-23(24)31-27)35(28)22-16-18(2)15-19(3)17-22/h6-17,20H,5H2,1-4H3/t20-/m0/s1. The summed E-state index contributed by atoms with van der Waals surface area (Å²) in [7, 11) is 0. The Morgan fingerprint density at radius 3 is 2.11 bits per heavy atom. The number of nitrogens with zero attached hydrogens (tertiary/aromatic N) is 5. The summed E-state index contributed by atoms with van der Waals surface area (Å²) in [4.78, 5) is 29.3. The normalized spacial score (nSPS) is 12.6. The van der Waals surface area contributed by atoms with Gasteiger partial charge in [-0.15, -0.1) is 0 Å². The molecule has 0 aliphatic rings. The first-order chi connectivity index (χ1) is 17.5. The van der Waals surface area contributed by atoms with E-state index in [9.17, 15) is 4.79 Å². The van der Waals surface area contributed by atoms with Crippen LogP contribution >= 0.6 is 0 Å². The first kappa shape index (κ1) is 22.2. The fourth-order valence-electron chi connectivity index (χ4n) is 5.20. The second-order valence-corrected chi connectivity index (χ2v) is 9.41. The number of aromatic nitrogens is 5. The van der Waals surface area contributed by atoms with Crippen molar-refractivity contribution in [3.8, 4) is 5.69 Å². The highest BCUT2D eigenvalue weighted by molar-refractivity contribution is 6.05. The molecule has 0 amide bonds. The molecule has 0 aliphatic carbocycles. The van der Waals surface area contributed by atoms with E-state index >= 15 is 0 Å². The first-order valence-corrected chi connectivity index (χ1v) is 12.3. The zero-order chi connectivity index (χ0) is 25.0. The van der Waals surface area contributed by atoms with Gasteiger partial charge in [-0.05, 0) is 61.7 Å². The van der Waals surface area contributed by atoms with Crippen LogP contribution in [-0.4, -0.2) is 24.1 Å². The summed E-state index contributed by atoms with van der Waals surface area (Å²) in [6.07, 6.45) is 0.625. The lowest BCUT2D eigenvalue weighted by Gasteiger charge is -2.19. The summed E-state index contributed by atoms with van der Waals surface area (Å²) in [6.45, 7) is 8.24. The van der Waals surface area contributed by atoms with Gasteiger partial charge in [0.2, 0.25) is 0 Å². The Balaban J connectivity index is 1.79. The molecule has 3 aromatic heterocycles. The van der Waals surface area contributed by atoms with Crippen LogP contribution in [0.2, 0.25) is 0 Å². The third kappa shape index (κ3) is 3.40. The zero-order valence-electron chi connectivity index (χ0n) is 20.9. The predicted octanol–water partition coefficient (Wildman–Crippen LogP) is 6.07. The maximum absolute atomic E-state index is 14.3. The van der Waals surface area contributed by atoms with Crippen LogP contribution in [-0.2, 0) is 6.42 Å². The zero-order valence-corrected chi connectivity index (χ0v) is 20.9. The lowest BCUT2D eigenvalue weighted by atomic mass is 10.1. The largest absolute Gasteiger partial charge is 0.289 e. The number of aryl methyl sites for hydroxylation is 3. The average molecular weight is 474 g/mol. The van der Waals surface area contributed by atoms with Crippen LogP contribution < -0.4 is 5.56 Å². The molecule has 6 nitrogen and oxygen atoms in total. The van der Waals surface area contributed by atoms with Crippen LogP contribution in [0.25, 0.3) is 38.9 Å². The van der Waals surface area contributed by atoms with Crippen molar-refractivity contribution >= 4 is 33.2 Å². The molecule has 3 aromatic carbocycles. The molecule has 6 aromatic rings. The van der Waals surface area contributed by atoms with Gasteiger partial charge in [0, 0.05) is 12.1 Å². The Labute approximate surface area is 208 Å². The maximum Gasteiger partial charge on any atom is 0.265 e. The molecule has 0 aliphatic heterocycles. The second-order valence-electron chi connectivity index (χ2n) is 9.41. The number of fused-ring (bicyclic) bond motifs is 4. The molecular weight excluding hydrogens is 446 g/mol. The van der Waals surface area contributed by atoms with E-state index in [-0.39, 0.29) is 11.6 Å². The number of hydrogen-bond donors (Lipinski definition) is 0. The average Bonchev–Trinajstić information content (AvgIpc) is 3.20. The minimum absolute atomic E-state index is 0.0918. The van der Waals surface area contributed by atoms with Crippen molar-refractivity contribution in [3.63, 3.8) is 0 Å². The molecule has 0 N–H and O–H groups in total. The quantitative estimate of drug-likeness (QED) is 0.312. The topological polar surface area (TPSA) is 65.6 Å². The molecule has 0 saturated heterocycles. The van der Waals surface area contributed by atoms with Crippen molar-refractivity contribution in [1.82, 2.24) is 24.1 Å². The molecule has 178 valence electrons. The fourth-order valence-corrected chi connectivity index (χ4v) is 5.20. The van der Waals surface area contributed by atoms with Crippen molar-refractivity contribution in [3.05, 3.63) is 106 Å². The van der Waals surface area contributed by atoms with Gasteiger partial charge in [-0.3, -0.25) is 13.9 Å². The number of hydrogen-bond acceptors (Lipinski definition) is 4. The Kier molecular flexibility index (Phi) is 5.18. The maximum atomic E-state index is 14.3. The molecule has 0 unspecified atom stereocenters. The summed E-state index contributed by atoms with van der Waals surface area (Å²) in [5, 5.41) is 0.502. The van der Waals surface area contributed by atoms with E-state index in [2.05, 4.69) is 32.0 Å². The molecule has 3 heterocycles. The lowest BCUT2D eigenvalue weighted by molar-refractivity contribution is 0.574. The Morgan fingerprint density at radius 1 is 0.806 bits per heavy atom. The molecule has 0 bridgehead atoms. The highest BCUT2D eigenvalue weighted by Crippen LogP contribution is 2.30. The van der Waals surface area contributed by atoms with Gasteiger partial charge in [0.15, 0.2) is 11.3 Å². The summed E-state index contributed by atoms with van der Waals surface area (Å²) in [5.74, 6) is 0.738. The molecule has 0 saturated carbocycles. The second kappa shape index (κ2) is 8.41. The van der Waals surface area contributed by atoms with Gasteiger partial charge < -0.3 is 0 Å². The molecule has 6 heteroatoms. The third-order valence-electron chi connectivity index (χ3n) is 6.83. The molecule has 6 rings (SSSR count). The van der Waals surface area contributed by atoms with E-state index in [1.165, 1.54) is 0 Å². The Morgan fingerprint density at radius 2 is 1.44 bits per heavy atom. The van der Waals surface area contributed by atoms with Gasteiger partial charge in [0.1, 0.15) is 16.7 Å². The number of rotatable bonds is 4. The van der Waals surface area contributed by atoms with Crippen LogP contribution in [0, 0.1) is 13.8 Å². The monoisotopic (exact) mass is 473 g/mol. The van der Waals surface area contributed by atoms with Crippen LogP contribution in [0.3, 0.4) is 0 Å². The van der Waals surface area contributed by atoms with E-state index in [0.717, 1.165) is 39.2 Å². The molecule has 1 atom stereocenters. The Hall–Kier alpha value is -4.32. The fraction of sp³-hybridized carbons (Fsp3) is 0.200. The molecule has 0 fully saturated rings. The summed E-state index contributed by atoms with van der Waals surface area (Å²) in [5.41, 5.74) is 7.53.